The van der Waals surface area contributed by atoms with E-state index in [0.717, 1.165) is 46.3 Å². The van der Waals surface area contributed by atoms with Crippen LogP contribution in [-0.4, -0.2) is 49.7 Å². The number of sulfonamides is 1. The lowest BCUT2D eigenvalue weighted by Gasteiger charge is -2.35. The Morgan fingerprint density at radius 1 is 1.00 bits per heavy atom. The number of rotatable bonds is 4. The smallest absolute Gasteiger partial charge is 0.243 e. The maximum atomic E-state index is 13.6. The molecule has 1 N–H and O–H groups in total. The van der Waals surface area contributed by atoms with Gasteiger partial charge in [0.25, 0.3) is 0 Å². The molecule has 2 aromatic carbocycles. The van der Waals surface area contributed by atoms with Gasteiger partial charge in [-0.3, -0.25) is 4.79 Å². The number of anilines is 1. The molecular weight excluding hydrogens is 410 g/mol. The number of ketones is 1. The number of hydrogen-bond acceptors (Lipinski definition) is 4. The van der Waals surface area contributed by atoms with Crippen molar-refractivity contribution in [3.05, 3.63) is 59.3 Å². The van der Waals surface area contributed by atoms with Gasteiger partial charge in [-0.25, -0.2) is 8.42 Å². The molecule has 3 aromatic rings. The highest BCUT2D eigenvalue weighted by molar-refractivity contribution is 7.89. The molecule has 162 valence electrons. The number of carbonyl (C=O) groups is 1. The number of fused-ring (bicyclic) bond motifs is 3. The summed E-state index contributed by atoms with van der Waals surface area (Å²) in [6.07, 6.45) is 2.84. The molecule has 1 aliphatic heterocycles. The number of H-pyrrole nitrogens is 1. The average Bonchev–Trinajstić information content (AvgIpc) is 3.17. The molecule has 1 saturated heterocycles. The number of benzene rings is 2. The fraction of sp³-hybridized carbons (Fsp3) is 0.375. The summed E-state index contributed by atoms with van der Waals surface area (Å²) in [4.78, 5) is 18.4. The highest BCUT2D eigenvalue weighted by atomic mass is 32.2. The molecule has 0 radical (unpaired) electrons. The molecule has 0 amide bonds. The zero-order valence-corrected chi connectivity index (χ0v) is 18.5. The maximum Gasteiger partial charge on any atom is 0.243 e. The first kappa shape index (κ1) is 20.3. The Hall–Kier alpha value is -2.64. The number of piperazine rings is 1. The Morgan fingerprint density at radius 3 is 2.45 bits per heavy atom. The standard InChI is InChI=1S/C24H27N3O3S/c1-2-17-15-19-21(25-20-9-6-10-22(28)24(19)20)16-23(17)31(29,30)27-13-11-26(12-14-27)18-7-4-3-5-8-18/h3-5,7-8,15-16,25H,2,6,9-14H2,1H3. The predicted octanol–water partition coefficient (Wildman–Crippen LogP) is 3.76. The van der Waals surface area contributed by atoms with Crippen LogP contribution >= 0.6 is 0 Å². The molecule has 2 heterocycles. The number of para-hydroxylation sites is 1. The fourth-order valence-electron chi connectivity index (χ4n) is 4.86. The Kier molecular flexibility index (Phi) is 5.10. The quantitative estimate of drug-likeness (QED) is 0.675. The molecule has 7 heteroatoms. The predicted molar refractivity (Wildman–Crippen MR) is 122 cm³/mol. The third-order valence-corrected chi connectivity index (χ3v) is 8.51. The van der Waals surface area contributed by atoms with Crippen LogP contribution in [0.15, 0.2) is 47.4 Å². The fourth-order valence-corrected chi connectivity index (χ4v) is 6.58. The van der Waals surface area contributed by atoms with Crippen LogP contribution in [-0.2, 0) is 22.9 Å². The van der Waals surface area contributed by atoms with Crippen LogP contribution in [0.3, 0.4) is 0 Å². The number of aromatic nitrogens is 1. The Labute approximate surface area is 182 Å². The third kappa shape index (κ3) is 3.46. The molecule has 2 aliphatic rings. The van der Waals surface area contributed by atoms with Crippen LogP contribution in [0.2, 0.25) is 0 Å². The lowest BCUT2D eigenvalue weighted by Crippen LogP contribution is -2.48. The van der Waals surface area contributed by atoms with Crippen molar-refractivity contribution in [3.63, 3.8) is 0 Å². The average molecular weight is 438 g/mol. The molecule has 0 saturated carbocycles. The van der Waals surface area contributed by atoms with Gasteiger partial charge in [-0.05, 0) is 49.1 Å². The number of hydrogen-bond donors (Lipinski definition) is 1. The normalized spacial score (nSPS) is 17.8. The van der Waals surface area contributed by atoms with Crippen molar-refractivity contribution in [3.8, 4) is 0 Å². The van der Waals surface area contributed by atoms with Gasteiger partial charge in [-0.15, -0.1) is 0 Å². The first-order chi connectivity index (χ1) is 15.0. The summed E-state index contributed by atoms with van der Waals surface area (Å²) < 4.78 is 28.8. The molecule has 1 aliphatic carbocycles. The van der Waals surface area contributed by atoms with E-state index in [-0.39, 0.29) is 5.78 Å². The number of carbonyl (C=O) groups excluding carboxylic acids is 1. The van der Waals surface area contributed by atoms with Crippen molar-refractivity contribution >= 4 is 32.4 Å². The van der Waals surface area contributed by atoms with Crippen LogP contribution in [0.4, 0.5) is 5.69 Å². The van der Waals surface area contributed by atoms with Gasteiger partial charge in [0.1, 0.15) is 0 Å². The maximum absolute atomic E-state index is 13.6. The van der Waals surface area contributed by atoms with Crippen molar-refractivity contribution < 1.29 is 13.2 Å². The minimum atomic E-state index is -3.62. The van der Waals surface area contributed by atoms with Crippen LogP contribution in [0.1, 0.15) is 41.4 Å². The van der Waals surface area contributed by atoms with Crippen LogP contribution in [0, 0.1) is 0 Å². The van der Waals surface area contributed by atoms with Gasteiger partial charge in [0.15, 0.2) is 5.78 Å². The van der Waals surface area contributed by atoms with E-state index in [1.54, 1.807) is 10.4 Å². The van der Waals surface area contributed by atoms with E-state index < -0.39 is 10.0 Å². The molecule has 6 nitrogen and oxygen atoms in total. The Bertz CT molecular complexity index is 1240. The number of nitrogens with zero attached hydrogens (tertiary/aromatic N) is 2. The van der Waals surface area contributed by atoms with E-state index in [0.29, 0.717) is 43.9 Å². The largest absolute Gasteiger partial charge is 0.369 e. The van der Waals surface area contributed by atoms with E-state index in [9.17, 15) is 13.2 Å². The highest BCUT2D eigenvalue weighted by Gasteiger charge is 2.31. The van der Waals surface area contributed by atoms with Gasteiger partial charge in [-0.1, -0.05) is 25.1 Å². The minimum absolute atomic E-state index is 0.155. The van der Waals surface area contributed by atoms with Crippen molar-refractivity contribution in [2.75, 3.05) is 31.1 Å². The molecule has 0 atom stereocenters. The van der Waals surface area contributed by atoms with Crippen molar-refractivity contribution in [2.24, 2.45) is 0 Å². The topological polar surface area (TPSA) is 73.5 Å². The van der Waals surface area contributed by atoms with Crippen LogP contribution in [0.25, 0.3) is 10.9 Å². The van der Waals surface area contributed by atoms with Gasteiger partial charge in [0.2, 0.25) is 10.0 Å². The monoisotopic (exact) mass is 437 g/mol. The SMILES string of the molecule is CCc1cc2c3c([nH]c2cc1S(=O)(=O)N1CCN(c2ccccc2)CC1)CCCC3=O. The summed E-state index contributed by atoms with van der Waals surface area (Å²) in [6, 6.07) is 13.8. The molecule has 1 fully saturated rings. The highest BCUT2D eigenvalue weighted by Crippen LogP contribution is 2.34. The summed E-state index contributed by atoms with van der Waals surface area (Å²) in [7, 11) is -3.62. The second kappa shape index (κ2) is 7.80. The summed E-state index contributed by atoms with van der Waals surface area (Å²) >= 11 is 0. The zero-order valence-electron chi connectivity index (χ0n) is 17.7. The van der Waals surface area contributed by atoms with Gasteiger partial charge in [0.05, 0.1) is 4.90 Å². The first-order valence-electron chi connectivity index (χ1n) is 11.0. The number of Topliss-reactive ketones (excluding diaryl/α,β-unsaturated/α-hetero) is 1. The number of aryl methyl sites for hydroxylation is 2. The first-order valence-corrected chi connectivity index (χ1v) is 12.4. The summed E-state index contributed by atoms with van der Waals surface area (Å²) in [6.45, 7) is 4.21. The number of nitrogens with one attached hydrogen (secondary N) is 1. The van der Waals surface area contributed by atoms with E-state index in [1.807, 2.05) is 31.2 Å². The van der Waals surface area contributed by atoms with E-state index in [2.05, 4.69) is 22.0 Å². The molecule has 1 aromatic heterocycles. The van der Waals surface area contributed by atoms with Crippen molar-refractivity contribution in [1.29, 1.82) is 0 Å². The summed E-state index contributed by atoms with van der Waals surface area (Å²) in [5.74, 6) is 0.155. The third-order valence-electron chi connectivity index (χ3n) is 6.53. The van der Waals surface area contributed by atoms with Gasteiger partial charge < -0.3 is 9.88 Å². The second-order valence-electron chi connectivity index (χ2n) is 8.34. The summed E-state index contributed by atoms with van der Waals surface area (Å²) in [5, 5.41) is 0.865. The van der Waals surface area contributed by atoms with Gasteiger partial charge in [0, 0.05) is 60.4 Å². The Balaban J connectivity index is 1.47. The van der Waals surface area contributed by atoms with Gasteiger partial charge >= 0.3 is 0 Å². The van der Waals surface area contributed by atoms with Gasteiger partial charge in [-0.2, -0.15) is 4.31 Å². The molecule has 0 unspecified atom stereocenters. The van der Waals surface area contributed by atoms with Crippen LogP contribution < -0.4 is 4.90 Å². The van der Waals surface area contributed by atoms with Crippen LogP contribution in [0.5, 0.6) is 0 Å². The van der Waals surface area contributed by atoms with E-state index >= 15 is 0 Å². The Morgan fingerprint density at radius 2 is 1.74 bits per heavy atom. The summed E-state index contributed by atoms with van der Waals surface area (Å²) in [5.41, 5.74) is 4.35. The van der Waals surface area contributed by atoms with E-state index in [4.69, 9.17) is 0 Å². The second-order valence-corrected chi connectivity index (χ2v) is 10.2. The van der Waals surface area contributed by atoms with Crippen molar-refractivity contribution in [1.82, 2.24) is 9.29 Å². The molecule has 31 heavy (non-hydrogen) atoms. The molecular formula is C24H27N3O3S. The van der Waals surface area contributed by atoms with E-state index in [1.165, 1.54) is 0 Å². The number of aromatic amines is 1. The minimum Gasteiger partial charge on any atom is -0.369 e. The molecule has 0 bridgehead atoms. The zero-order chi connectivity index (χ0) is 21.6. The molecule has 0 spiro atoms. The lowest BCUT2D eigenvalue weighted by atomic mass is 9.94. The lowest BCUT2D eigenvalue weighted by molar-refractivity contribution is 0.0974. The molecule has 5 rings (SSSR count). The van der Waals surface area contributed by atoms with Crippen molar-refractivity contribution in [2.45, 2.75) is 37.5 Å².